The van der Waals surface area contributed by atoms with E-state index < -0.39 is 53.5 Å². The number of nitrogens with zero attached hydrogens (tertiary/aromatic N) is 1. The number of Topliss-reactive ketones (excluding diaryl/α,β-unsaturated/α-hetero) is 1. The Morgan fingerprint density at radius 2 is 1.70 bits per heavy atom. The van der Waals surface area contributed by atoms with Crippen molar-refractivity contribution in [2.24, 2.45) is 16.9 Å². The summed E-state index contributed by atoms with van der Waals surface area (Å²) in [6.45, 7) is 8.57. The lowest BCUT2D eigenvalue weighted by Gasteiger charge is -2.46. The molecule has 1 saturated carbocycles. The van der Waals surface area contributed by atoms with Gasteiger partial charge < -0.3 is 21.9 Å². The van der Waals surface area contributed by atoms with E-state index in [1.54, 1.807) is 6.92 Å². The molecule has 0 heterocycles. The first-order valence-corrected chi connectivity index (χ1v) is 12.7. The van der Waals surface area contributed by atoms with Crippen molar-refractivity contribution in [3.8, 4) is 0 Å². The summed E-state index contributed by atoms with van der Waals surface area (Å²) in [7, 11) is 0. The van der Waals surface area contributed by atoms with E-state index in [1.807, 2.05) is 13.8 Å². The van der Waals surface area contributed by atoms with Gasteiger partial charge in [-0.15, -0.1) is 0 Å². The largest absolute Gasteiger partial charge is 0.338 e. The topological polar surface area (TPSA) is 138 Å². The van der Waals surface area contributed by atoms with Crippen molar-refractivity contribution in [1.29, 1.82) is 5.41 Å². The zero-order valence-corrected chi connectivity index (χ0v) is 23.2. The normalized spacial score (nSPS) is 17.3. The molecule has 0 unspecified atom stereocenters. The molecule has 0 spiro atoms. The standard InChI is InChI=1S/C28H35F4N5O3/c1-15(2)7-6-8-16(3)23(25(39)35-19-9-10-20(29)21(30)11-19)17(4)18(5)24(38)26(40)36-27(22(12-33)37-34)13-28(31,32)14-27/h9-12,15,33H,6-8,13-14,34H2,1-5H3,(H,35,39)(H,36,40)/b18-17+,23-16-,33-12?,37-22?. The molecule has 1 aliphatic rings. The predicted molar refractivity (Wildman–Crippen MR) is 145 cm³/mol. The molecular formula is C28H35F4N5O3. The van der Waals surface area contributed by atoms with E-state index in [4.69, 9.17) is 11.3 Å². The molecule has 0 aliphatic heterocycles. The van der Waals surface area contributed by atoms with Crippen molar-refractivity contribution in [2.45, 2.75) is 78.2 Å². The van der Waals surface area contributed by atoms with Crippen LogP contribution in [0.4, 0.5) is 23.2 Å². The van der Waals surface area contributed by atoms with Crippen molar-refractivity contribution in [3.63, 3.8) is 0 Å². The number of amides is 2. The Hall–Kier alpha value is -3.83. The molecule has 1 aromatic carbocycles. The van der Waals surface area contributed by atoms with E-state index >= 15 is 0 Å². The molecular weight excluding hydrogens is 530 g/mol. The average Bonchev–Trinajstić information content (AvgIpc) is 2.84. The Morgan fingerprint density at radius 3 is 2.20 bits per heavy atom. The lowest BCUT2D eigenvalue weighted by molar-refractivity contribution is -0.143. The van der Waals surface area contributed by atoms with Gasteiger partial charge >= 0.3 is 0 Å². The van der Waals surface area contributed by atoms with Crippen LogP contribution in [0.1, 0.15) is 66.7 Å². The van der Waals surface area contributed by atoms with Crippen LogP contribution in [0.2, 0.25) is 0 Å². The lowest BCUT2D eigenvalue weighted by Crippen LogP contribution is -2.68. The van der Waals surface area contributed by atoms with Crippen molar-refractivity contribution >= 4 is 35.2 Å². The number of halogens is 4. The Labute approximate surface area is 230 Å². The second-order valence-corrected chi connectivity index (χ2v) is 10.5. The zero-order chi connectivity index (χ0) is 30.4. The first kappa shape index (κ1) is 32.4. The average molecular weight is 566 g/mol. The lowest BCUT2D eigenvalue weighted by atomic mass is 9.70. The van der Waals surface area contributed by atoms with Gasteiger partial charge in [-0.1, -0.05) is 25.8 Å². The Balaban J connectivity index is 2.43. The molecule has 0 bridgehead atoms. The number of hydrazone groups is 1. The van der Waals surface area contributed by atoms with Crippen LogP contribution in [0, 0.1) is 23.0 Å². The molecule has 0 aromatic heterocycles. The molecule has 8 nitrogen and oxygen atoms in total. The third kappa shape index (κ3) is 7.64. The van der Waals surface area contributed by atoms with Gasteiger partial charge in [0.05, 0.1) is 5.54 Å². The fourth-order valence-electron chi connectivity index (χ4n) is 4.62. The van der Waals surface area contributed by atoms with Crippen LogP contribution in [0.5, 0.6) is 0 Å². The monoisotopic (exact) mass is 565 g/mol. The van der Waals surface area contributed by atoms with Gasteiger partial charge in [0.25, 0.3) is 17.7 Å². The second-order valence-electron chi connectivity index (χ2n) is 10.5. The van der Waals surface area contributed by atoms with Crippen LogP contribution in [-0.2, 0) is 14.4 Å². The van der Waals surface area contributed by atoms with Crippen molar-refractivity contribution < 1.29 is 31.9 Å². The van der Waals surface area contributed by atoms with Crippen LogP contribution < -0.4 is 16.5 Å². The van der Waals surface area contributed by atoms with Crippen molar-refractivity contribution in [1.82, 2.24) is 5.32 Å². The van der Waals surface area contributed by atoms with Gasteiger partial charge in [-0.05, 0) is 57.2 Å². The number of nitrogens with one attached hydrogen (secondary N) is 3. The van der Waals surface area contributed by atoms with Gasteiger partial charge in [0.2, 0.25) is 5.78 Å². The van der Waals surface area contributed by atoms with Crippen LogP contribution in [0.3, 0.4) is 0 Å². The molecule has 5 N–H and O–H groups in total. The van der Waals surface area contributed by atoms with Gasteiger partial charge in [0.15, 0.2) is 11.6 Å². The SMILES string of the molecule is C/C(CCCC(C)C)=C(C(=O)Nc1ccc(F)c(F)c1)\C(C)=C(/C)C(=O)C(=O)NC1(C(C=N)=NN)CC(F)(F)C1. The molecule has 0 atom stereocenters. The third-order valence-corrected chi connectivity index (χ3v) is 6.89. The van der Waals surface area contributed by atoms with E-state index in [2.05, 4.69) is 15.7 Å². The van der Waals surface area contributed by atoms with Gasteiger partial charge in [-0.2, -0.15) is 5.10 Å². The van der Waals surface area contributed by atoms with E-state index in [-0.39, 0.29) is 28.1 Å². The summed E-state index contributed by atoms with van der Waals surface area (Å²) in [4.78, 5) is 39.4. The van der Waals surface area contributed by atoms with Crippen LogP contribution >= 0.6 is 0 Å². The number of nitrogens with two attached hydrogens (primary N) is 1. The fourth-order valence-corrected chi connectivity index (χ4v) is 4.62. The summed E-state index contributed by atoms with van der Waals surface area (Å²) < 4.78 is 54.6. The molecule has 2 amide bonds. The predicted octanol–water partition coefficient (Wildman–Crippen LogP) is 5.20. The van der Waals surface area contributed by atoms with Crippen molar-refractivity contribution in [2.75, 3.05) is 5.32 Å². The maximum Gasteiger partial charge on any atom is 0.292 e. The highest BCUT2D eigenvalue weighted by Gasteiger charge is 2.60. The maximum absolute atomic E-state index is 13.8. The number of ketones is 1. The summed E-state index contributed by atoms with van der Waals surface area (Å²) in [5.41, 5.74) is -1.41. The first-order valence-electron chi connectivity index (χ1n) is 12.7. The summed E-state index contributed by atoms with van der Waals surface area (Å²) >= 11 is 0. The minimum Gasteiger partial charge on any atom is -0.338 e. The second kappa shape index (κ2) is 13.0. The minimum absolute atomic E-state index is 0.0148. The van der Waals surface area contributed by atoms with E-state index in [0.29, 0.717) is 24.1 Å². The quantitative estimate of drug-likeness (QED) is 0.0526. The zero-order valence-electron chi connectivity index (χ0n) is 23.2. The summed E-state index contributed by atoms with van der Waals surface area (Å²) in [6.07, 6.45) is 0.943. The van der Waals surface area contributed by atoms with Gasteiger partial charge in [0, 0.05) is 42.0 Å². The van der Waals surface area contributed by atoms with Crippen LogP contribution in [0.25, 0.3) is 0 Å². The molecule has 1 fully saturated rings. The fraction of sp³-hybridized carbons (Fsp3) is 0.464. The van der Waals surface area contributed by atoms with E-state index in [0.717, 1.165) is 25.0 Å². The molecule has 1 aliphatic carbocycles. The third-order valence-electron chi connectivity index (χ3n) is 6.89. The van der Waals surface area contributed by atoms with Gasteiger partial charge in [-0.25, -0.2) is 17.6 Å². The number of carbonyl (C=O) groups is 3. The molecule has 2 rings (SSSR count). The van der Waals surface area contributed by atoms with E-state index in [9.17, 15) is 31.9 Å². The summed E-state index contributed by atoms with van der Waals surface area (Å²) in [5.74, 6) is -2.77. The Bertz CT molecular complexity index is 1280. The maximum atomic E-state index is 13.8. The number of anilines is 1. The highest BCUT2D eigenvalue weighted by molar-refractivity contribution is 6.44. The number of hydrogen-bond donors (Lipinski definition) is 4. The van der Waals surface area contributed by atoms with Crippen LogP contribution in [0.15, 0.2) is 45.6 Å². The van der Waals surface area contributed by atoms with Crippen LogP contribution in [-0.4, -0.2) is 41.0 Å². The first-order chi connectivity index (χ1) is 18.6. The smallest absolute Gasteiger partial charge is 0.292 e. The minimum atomic E-state index is -3.14. The van der Waals surface area contributed by atoms with Gasteiger partial charge in [-0.3, -0.25) is 14.4 Å². The summed E-state index contributed by atoms with van der Waals surface area (Å²) in [5, 5.41) is 15.5. The van der Waals surface area contributed by atoms with Gasteiger partial charge in [0.1, 0.15) is 5.71 Å². The molecule has 12 heteroatoms. The summed E-state index contributed by atoms with van der Waals surface area (Å²) in [6, 6.07) is 2.86. The number of alkyl halides is 2. The highest BCUT2D eigenvalue weighted by atomic mass is 19.3. The number of carbonyl (C=O) groups excluding carboxylic acids is 3. The molecule has 218 valence electrons. The molecule has 40 heavy (non-hydrogen) atoms. The number of allylic oxidation sites excluding steroid dienone is 1. The Kier molecular flexibility index (Phi) is 10.5. The molecule has 0 saturated heterocycles. The molecule has 0 radical (unpaired) electrons. The number of hydrogen-bond acceptors (Lipinski definition) is 6. The van der Waals surface area contributed by atoms with Crippen molar-refractivity contribution in [3.05, 3.63) is 52.1 Å². The Morgan fingerprint density at radius 1 is 1.07 bits per heavy atom. The highest BCUT2D eigenvalue weighted by Crippen LogP contribution is 2.46. The number of rotatable bonds is 12. The number of benzene rings is 1. The molecule has 1 aromatic rings. The van der Waals surface area contributed by atoms with E-state index in [1.165, 1.54) is 19.9 Å².